The molecule has 0 amide bonds. The van der Waals surface area contributed by atoms with Crippen molar-refractivity contribution < 1.29 is 8.42 Å². The number of sulfone groups is 1. The fourth-order valence-electron chi connectivity index (χ4n) is 2.83. The summed E-state index contributed by atoms with van der Waals surface area (Å²) < 4.78 is 25.2. The second-order valence-corrected chi connectivity index (χ2v) is 7.89. The summed E-state index contributed by atoms with van der Waals surface area (Å²) in [7, 11) is -3.18. The van der Waals surface area contributed by atoms with Crippen molar-refractivity contribution in [2.75, 3.05) is 6.26 Å². The van der Waals surface area contributed by atoms with Crippen molar-refractivity contribution in [3.05, 3.63) is 79.1 Å². The molecule has 0 aliphatic carbocycles. The van der Waals surface area contributed by atoms with Crippen LogP contribution in [0.5, 0.6) is 0 Å². The molecule has 0 N–H and O–H groups in total. The van der Waals surface area contributed by atoms with Crippen LogP contribution in [0.2, 0.25) is 0 Å². The number of hydrogen-bond acceptors (Lipinski definition) is 3. The van der Waals surface area contributed by atoms with Gasteiger partial charge in [-0.1, -0.05) is 36.4 Å². The van der Waals surface area contributed by atoms with Gasteiger partial charge in [0.25, 0.3) is 0 Å². The minimum Gasteiger partial charge on any atom is -0.300 e. The normalized spacial score (nSPS) is 11.7. The fourth-order valence-corrected chi connectivity index (χ4v) is 3.46. The summed E-state index contributed by atoms with van der Waals surface area (Å²) in [6.07, 6.45) is 5.04. The maximum atomic E-state index is 11.6. The van der Waals surface area contributed by atoms with Gasteiger partial charge in [-0.2, -0.15) is 0 Å². The number of aromatic nitrogens is 2. The molecule has 0 saturated carbocycles. The molecule has 0 aliphatic heterocycles. The first kappa shape index (κ1) is 15.6. The molecule has 123 valence electrons. The lowest BCUT2D eigenvalue weighted by Crippen LogP contribution is -1.96. The lowest BCUT2D eigenvalue weighted by Gasteiger charge is -2.06. The highest BCUT2D eigenvalue weighted by molar-refractivity contribution is 7.90. The van der Waals surface area contributed by atoms with Crippen LogP contribution in [-0.2, 0) is 9.84 Å². The van der Waals surface area contributed by atoms with Crippen LogP contribution in [0.15, 0.2) is 78.0 Å². The molecule has 1 radical (unpaired) electrons. The number of benzene rings is 2. The molecule has 25 heavy (non-hydrogen) atoms. The van der Waals surface area contributed by atoms with E-state index in [1.807, 2.05) is 65.3 Å². The van der Waals surface area contributed by atoms with Gasteiger partial charge in [0.1, 0.15) is 5.65 Å². The highest BCUT2D eigenvalue weighted by Gasteiger charge is 2.09. The van der Waals surface area contributed by atoms with Crippen LogP contribution in [0.3, 0.4) is 0 Å². The van der Waals surface area contributed by atoms with E-state index in [0.717, 1.165) is 28.0 Å². The Balaban J connectivity index is 1.75. The van der Waals surface area contributed by atoms with Gasteiger partial charge in [0.05, 0.1) is 16.8 Å². The van der Waals surface area contributed by atoms with Crippen molar-refractivity contribution in [3.63, 3.8) is 0 Å². The van der Waals surface area contributed by atoms with Crippen molar-refractivity contribution in [1.29, 1.82) is 0 Å². The van der Waals surface area contributed by atoms with Crippen LogP contribution in [0.4, 0.5) is 0 Å². The minimum atomic E-state index is -3.18. The largest absolute Gasteiger partial charge is 0.300 e. The van der Waals surface area contributed by atoms with Gasteiger partial charge in [0.15, 0.2) is 9.84 Å². The summed E-state index contributed by atoms with van der Waals surface area (Å²) >= 11 is 0. The number of nitrogens with zero attached hydrogens (tertiary/aromatic N) is 2. The highest BCUT2D eigenvalue weighted by Crippen LogP contribution is 2.25. The van der Waals surface area contributed by atoms with E-state index in [0.29, 0.717) is 4.90 Å². The van der Waals surface area contributed by atoms with E-state index < -0.39 is 9.84 Å². The highest BCUT2D eigenvalue weighted by atomic mass is 32.2. The predicted octanol–water partition coefficient (Wildman–Crippen LogP) is 3.87. The van der Waals surface area contributed by atoms with Crippen LogP contribution < -0.4 is 0 Å². The second kappa shape index (κ2) is 5.86. The van der Waals surface area contributed by atoms with Gasteiger partial charge in [0, 0.05) is 18.0 Å². The molecule has 0 bridgehead atoms. The Morgan fingerprint density at radius 3 is 2.32 bits per heavy atom. The zero-order valence-electron chi connectivity index (χ0n) is 13.5. The molecule has 0 fully saturated rings. The Morgan fingerprint density at radius 2 is 1.64 bits per heavy atom. The number of fused-ring (bicyclic) bond motifs is 1. The van der Waals surface area contributed by atoms with Crippen LogP contribution in [0, 0.1) is 6.07 Å². The van der Waals surface area contributed by atoms with Gasteiger partial charge in [0.2, 0.25) is 0 Å². The zero-order valence-corrected chi connectivity index (χ0v) is 14.4. The summed E-state index contributed by atoms with van der Waals surface area (Å²) in [6, 6.07) is 21.7. The standard InChI is InChI=1S/C20H15N2O2S/c1-25(23,24)18-9-7-15(8-10-18)17-11-12-22-19(14-21-20(22)13-17)16-5-3-2-4-6-16/h3-14H,1H3. The van der Waals surface area contributed by atoms with Crippen LogP contribution in [-0.4, -0.2) is 24.1 Å². The van der Waals surface area contributed by atoms with E-state index in [9.17, 15) is 8.42 Å². The van der Waals surface area contributed by atoms with Crippen molar-refractivity contribution in [1.82, 2.24) is 9.38 Å². The SMILES string of the molecule is CS(=O)(=O)c1ccc(-c2ccn3c(-c4cc[c]cc4)cnc3c2)cc1. The average molecular weight is 347 g/mol. The van der Waals surface area contributed by atoms with Crippen LogP contribution in [0.25, 0.3) is 28.0 Å². The summed E-state index contributed by atoms with van der Waals surface area (Å²) in [5.74, 6) is 0. The maximum Gasteiger partial charge on any atom is 0.175 e. The Morgan fingerprint density at radius 1 is 0.920 bits per heavy atom. The predicted molar refractivity (Wildman–Crippen MR) is 98.0 cm³/mol. The van der Waals surface area contributed by atoms with E-state index in [-0.39, 0.29) is 0 Å². The molecular weight excluding hydrogens is 332 g/mol. The first-order valence-electron chi connectivity index (χ1n) is 7.76. The molecule has 0 unspecified atom stereocenters. The molecular formula is C20H15N2O2S. The van der Waals surface area contributed by atoms with E-state index in [2.05, 4.69) is 11.1 Å². The minimum absolute atomic E-state index is 0.321. The van der Waals surface area contributed by atoms with E-state index >= 15 is 0 Å². The van der Waals surface area contributed by atoms with E-state index in [1.54, 1.807) is 12.1 Å². The van der Waals surface area contributed by atoms with Crippen LogP contribution in [0.1, 0.15) is 0 Å². The summed E-state index contributed by atoms with van der Waals surface area (Å²) in [5.41, 5.74) is 4.88. The zero-order chi connectivity index (χ0) is 17.4. The van der Waals surface area contributed by atoms with E-state index in [1.165, 1.54) is 6.26 Å². The quantitative estimate of drug-likeness (QED) is 0.565. The summed E-state index contributed by atoms with van der Waals surface area (Å²) in [5, 5.41) is 0. The molecule has 5 heteroatoms. The van der Waals surface area contributed by atoms with E-state index in [4.69, 9.17) is 0 Å². The molecule has 0 saturated heterocycles. The van der Waals surface area contributed by atoms with Crippen molar-refractivity contribution >= 4 is 15.5 Å². The maximum absolute atomic E-state index is 11.6. The third-order valence-electron chi connectivity index (χ3n) is 4.14. The molecule has 4 nitrogen and oxygen atoms in total. The van der Waals surface area contributed by atoms with Crippen molar-refractivity contribution in [2.24, 2.45) is 0 Å². The third-order valence-corrected chi connectivity index (χ3v) is 5.27. The summed E-state index contributed by atoms with van der Waals surface area (Å²) in [4.78, 5) is 4.82. The van der Waals surface area contributed by atoms with Crippen molar-refractivity contribution in [3.8, 4) is 22.4 Å². The topological polar surface area (TPSA) is 51.4 Å². The number of rotatable bonds is 3. The Labute approximate surface area is 146 Å². The van der Waals surface area contributed by atoms with Gasteiger partial charge >= 0.3 is 0 Å². The Hall–Kier alpha value is -2.92. The first-order chi connectivity index (χ1) is 12.0. The number of pyridine rings is 1. The monoisotopic (exact) mass is 347 g/mol. The first-order valence-corrected chi connectivity index (χ1v) is 9.66. The summed E-state index contributed by atoms with van der Waals surface area (Å²) in [6.45, 7) is 0. The van der Waals surface area contributed by atoms with Gasteiger partial charge in [-0.05, 0) is 41.5 Å². The van der Waals surface area contributed by atoms with Gasteiger partial charge in [-0.15, -0.1) is 0 Å². The molecule has 4 rings (SSSR count). The number of hydrogen-bond donors (Lipinski definition) is 0. The fraction of sp³-hybridized carbons (Fsp3) is 0.0500. The van der Waals surface area contributed by atoms with Crippen molar-refractivity contribution in [2.45, 2.75) is 4.90 Å². The Bertz CT molecular complexity index is 1150. The number of imidazole rings is 1. The average Bonchev–Trinajstić information content (AvgIpc) is 3.05. The van der Waals surface area contributed by atoms with Gasteiger partial charge in [-0.25, -0.2) is 13.4 Å². The smallest absolute Gasteiger partial charge is 0.175 e. The molecule has 2 aromatic heterocycles. The molecule has 0 atom stereocenters. The van der Waals surface area contributed by atoms with Gasteiger partial charge in [-0.3, -0.25) is 4.40 Å². The molecule has 2 aromatic carbocycles. The van der Waals surface area contributed by atoms with Gasteiger partial charge < -0.3 is 0 Å². The van der Waals surface area contributed by atoms with Crippen LogP contribution >= 0.6 is 0 Å². The lowest BCUT2D eigenvalue weighted by atomic mass is 10.1. The molecule has 0 spiro atoms. The molecule has 4 aromatic rings. The molecule has 0 aliphatic rings. The second-order valence-electron chi connectivity index (χ2n) is 5.87. The molecule has 2 heterocycles. The lowest BCUT2D eigenvalue weighted by molar-refractivity contribution is 0.602. The Kier molecular flexibility index (Phi) is 3.66. The third kappa shape index (κ3) is 2.94.